The smallest absolute Gasteiger partial charge is 0.119 e. The molecular formula is C12H17O2. The molecule has 0 aliphatic rings. The molecule has 2 heteroatoms. The molecule has 2 nitrogen and oxygen atoms in total. The van der Waals surface area contributed by atoms with Gasteiger partial charge >= 0.3 is 0 Å². The largest absolute Gasteiger partial charge is 0.494 e. The Morgan fingerprint density at radius 3 is 2.50 bits per heavy atom. The lowest BCUT2D eigenvalue weighted by atomic mass is 10.2. The highest BCUT2D eigenvalue weighted by atomic mass is 16.5. The van der Waals surface area contributed by atoms with Gasteiger partial charge in [0.25, 0.3) is 0 Å². The molecule has 0 spiro atoms. The fraction of sp³-hybridized carbons (Fsp3) is 0.500. The van der Waals surface area contributed by atoms with Crippen LogP contribution in [-0.2, 0) is 4.74 Å². The predicted octanol–water partition coefficient (Wildman–Crippen LogP) is 2.68. The Hall–Kier alpha value is -1.02. The van der Waals surface area contributed by atoms with Gasteiger partial charge in [0.2, 0.25) is 0 Å². The normalized spacial score (nSPS) is 10.1. The summed E-state index contributed by atoms with van der Waals surface area (Å²) in [6.07, 6.45) is 3.36. The number of unbranched alkanes of at least 4 members (excludes halogenated alkanes) is 2. The molecule has 0 amide bonds. The lowest BCUT2D eigenvalue weighted by molar-refractivity contribution is 0.189. The van der Waals surface area contributed by atoms with E-state index >= 15 is 0 Å². The maximum atomic E-state index is 5.53. The predicted molar refractivity (Wildman–Crippen MR) is 56.5 cm³/mol. The van der Waals surface area contributed by atoms with Gasteiger partial charge in [-0.1, -0.05) is 12.1 Å². The molecule has 0 aliphatic carbocycles. The van der Waals surface area contributed by atoms with E-state index in [1.807, 2.05) is 24.3 Å². The number of rotatable bonds is 7. The van der Waals surface area contributed by atoms with Crippen LogP contribution in [0.1, 0.15) is 19.3 Å². The minimum Gasteiger partial charge on any atom is -0.494 e. The van der Waals surface area contributed by atoms with Gasteiger partial charge in [0.05, 0.1) is 6.61 Å². The summed E-state index contributed by atoms with van der Waals surface area (Å²) >= 11 is 0. The van der Waals surface area contributed by atoms with E-state index in [1.54, 1.807) is 7.11 Å². The third-order valence-electron chi connectivity index (χ3n) is 1.95. The lowest BCUT2D eigenvalue weighted by Gasteiger charge is -2.05. The second kappa shape index (κ2) is 7.39. The van der Waals surface area contributed by atoms with Gasteiger partial charge in [-0.2, -0.15) is 0 Å². The molecule has 0 bridgehead atoms. The Kier molecular flexibility index (Phi) is 5.84. The summed E-state index contributed by atoms with van der Waals surface area (Å²) in [6.45, 7) is 1.63. The molecule has 0 atom stereocenters. The van der Waals surface area contributed by atoms with E-state index in [1.165, 1.54) is 0 Å². The lowest BCUT2D eigenvalue weighted by Crippen LogP contribution is -1.98. The number of hydrogen-bond donors (Lipinski definition) is 0. The van der Waals surface area contributed by atoms with Gasteiger partial charge in [-0.05, 0) is 37.5 Å². The van der Waals surface area contributed by atoms with E-state index in [-0.39, 0.29) is 0 Å². The van der Waals surface area contributed by atoms with Gasteiger partial charge in [-0.25, -0.2) is 0 Å². The highest BCUT2D eigenvalue weighted by Gasteiger charge is 1.92. The first-order chi connectivity index (χ1) is 6.93. The molecule has 0 saturated heterocycles. The van der Waals surface area contributed by atoms with E-state index in [0.717, 1.165) is 38.2 Å². The van der Waals surface area contributed by atoms with Crippen molar-refractivity contribution in [2.24, 2.45) is 0 Å². The summed E-state index contributed by atoms with van der Waals surface area (Å²) in [5.74, 6) is 0.926. The minimum absolute atomic E-state index is 0.785. The SMILES string of the molecule is COCCCCCOc1cc[c]cc1. The molecule has 0 saturated carbocycles. The topological polar surface area (TPSA) is 18.5 Å². The van der Waals surface area contributed by atoms with Crippen LogP contribution < -0.4 is 4.74 Å². The van der Waals surface area contributed by atoms with E-state index in [9.17, 15) is 0 Å². The van der Waals surface area contributed by atoms with Crippen LogP contribution in [0, 0.1) is 6.07 Å². The van der Waals surface area contributed by atoms with Gasteiger partial charge in [-0.3, -0.25) is 0 Å². The van der Waals surface area contributed by atoms with Crippen molar-refractivity contribution >= 4 is 0 Å². The molecular weight excluding hydrogens is 176 g/mol. The van der Waals surface area contributed by atoms with Crippen LogP contribution in [0.25, 0.3) is 0 Å². The molecule has 0 aliphatic heterocycles. The molecule has 0 N–H and O–H groups in total. The maximum absolute atomic E-state index is 5.53. The first-order valence-corrected chi connectivity index (χ1v) is 5.01. The van der Waals surface area contributed by atoms with Crippen LogP contribution in [0.2, 0.25) is 0 Å². The molecule has 1 radical (unpaired) electrons. The van der Waals surface area contributed by atoms with E-state index in [0.29, 0.717) is 0 Å². The number of benzene rings is 1. The summed E-state index contributed by atoms with van der Waals surface area (Å²) in [4.78, 5) is 0. The van der Waals surface area contributed by atoms with Crippen molar-refractivity contribution < 1.29 is 9.47 Å². The highest BCUT2D eigenvalue weighted by Crippen LogP contribution is 2.08. The zero-order chi connectivity index (χ0) is 10.1. The van der Waals surface area contributed by atoms with Crippen molar-refractivity contribution in [2.75, 3.05) is 20.3 Å². The molecule has 0 heterocycles. The molecule has 0 fully saturated rings. The van der Waals surface area contributed by atoms with E-state index in [4.69, 9.17) is 9.47 Å². The first kappa shape index (κ1) is 11.1. The van der Waals surface area contributed by atoms with Crippen LogP contribution in [0.3, 0.4) is 0 Å². The maximum Gasteiger partial charge on any atom is 0.119 e. The summed E-state index contributed by atoms with van der Waals surface area (Å²) in [7, 11) is 1.73. The van der Waals surface area contributed by atoms with Crippen LogP contribution in [0.15, 0.2) is 24.3 Å². The average molecular weight is 193 g/mol. The minimum atomic E-state index is 0.785. The van der Waals surface area contributed by atoms with Crippen molar-refractivity contribution in [1.29, 1.82) is 0 Å². The first-order valence-electron chi connectivity index (χ1n) is 5.01. The van der Waals surface area contributed by atoms with Gasteiger partial charge in [0.1, 0.15) is 5.75 Å². The Balaban J connectivity index is 1.99. The molecule has 0 aromatic heterocycles. The van der Waals surface area contributed by atoms with E-state index < -0.39 is 0 Å². The standard InChI is InChI=1S/C12H17O2/c1-13-10-6-3-7-11-14-12-8-4-2-5-9-12/h4-5,8-9H,3,6-7,10-11H2,1H3. The average Bonchev–Trinajstić information content (AvgIpc) is 2.25. The van der Waals surface area contributed by atoms with Crippen molar-refractivity contribution in [2.45, 2.75) is 19.3 Å². The monoisotopic (exact) mass is 193 g/mol. The third-order valence-corrected chi connectivity index (χ3v) is 1.95. The third kappa shape index (κ3) is 4.87. The molecule has 1 aromatic carbocycles. The summed E-state index contributed by atoms with van der Waals surface area (Å²) in [6, 6.07) is 10.5. The zero-order valence-corrected chi connectivity index (χ0v) is 8.66. The van der Waals surface area contributed by atoms with Crippen LogP contribution >= 0.6 is 0 Å². The summed E-state index contributed by atoms with van der Waals surface area (Å²) < 4.78 is 10.5. The second-order valence-electron chi connectivity index (χ2n) is 3.14. The molecule has 14 heavy (non-hydrogen) atoms. The van der Waals surface area contributed by atoms with Crippen LogP contribution in [0.4, 0.5) is 0 Å². The van der Waals surface area contributed by atoms with Gasteiger partial charge < -0.3 is 9.47 Å². The van der Waals surface area contributed by atoms with Crippen molar-refractivity contribution in [3.8, 4) is 5.75 Å². The Bertz CT molecular complexity index is 221. The number of methoxy groups -OCH3 is 1. The quantitative estimate of drug-likeness (QED) is 0.620. The fourth-order valence-electron chi connectivity index (χ4n) is 1.18. The Morgan fingerprint density at radius 1 is 1.07 bits per heavy atom. The van der Waals surface area contributed by atoms with Crippen LogP contribution in [-0.4, -0.2) is 20.3 Å². The Labute approximate surface area is 85.8 Å². The fourth-order valence-corrected chi connectivity index (χ4v) is 1.18. The summed E-state index contributed by atoms with van der Waals surface area (Å²) in [5.41, 5.74) is 0. The molecule has 77 valence electrons. The van der Waals surface area contributed by atoms with Crippen molar-refractivity contribution in [3.05, 3.63) is 30.3 Å². The van der Waals surface area contributed by atoms with Gasteiger partial charge in [0.15, 0.2) is 0 Å². The van der Waals surface area contributed by atoms with Crippen LogP contribution in [0.5, 0.6) is 5.75 Å². The van der Waals surface area contributed by atoms with Gasteiger partial charge in [-0.15, -0.1) is 0 Å². The van der Waals surface area contributed by atoms with E-state index in [2.05, 4.69) is 6.07 Å². The van der Waals surface area contributed by atoms with Crippen molar-refractivity contribution in [1.82, 2.24) is 0 Å². The summed E-state index contributed by atoms with van der Waals surface area (Å²) in [5, 5.41) is 0. The number of hydrogen-bond acceptors (Lipinski definition) is 2. The second-order valence-corrected chi connectivity index (χ2v) is 3.14. The Morgan fingerprint density at radius 2 is 1.79 bits per heavy atom. The highest BCUT2D eigenvalue weighted by molar-refractivity contribution is 5.20. The molecule has 1 aromatic rings. The molecule has 0 unspecified atom stereocenters. The van der Waals surface area contributed by atoms with Crippen molar-refractivity contribution in [3.63, 3.8) is 0 Å². The number of ether oxygens (including phenoxy) is 2. The zero-order valence-electron chi connectivity index (χ0n) is 8.66. The molecule has 1 rings (SSSR count). The van der Waals surface area contributed by atoms with Gasteiger partial charge in [0, 0.05) is 13.7 Å².